The maximum absolute atomic E-state index is 12.7. The summed E-state index contributed by atoms with van der Waals surface area (Å²) in [7, 11) is -1.17. The molecule has 0 aromatic heterocycles. The number of carbonyl (C=O) groups excluding carboxylic acids is 1. The molecule has 24 heavy (non-hydrogen) atoms. The number of halogens is 3. The molecule has 1 aliphatic heterocycles. The van der Waals surface area contributed by atoms with Crippen LogP contribution >= 0.6 is 10.9 Å². The Labute approximate surface area is 140 Å². The SMILES string of the molecule is Cc1cc(C)c2c(c1)C(=O)[SH](Cc1ccc(C(F)(F)F)cc1)C=N2. The van der Waals surface area contributed by atoms with E-state index in [0.717, 1.165) is 23.3 Å². The summed E-state index contributed by atoms with van der Waals surface area (Å²) in [5.41, 5.74) is 4.98. The molecule has 0 fully saturated rings. The molecule has 3 rings (SSSR count). The zero-order chi connectivity index (χ0) is 17.5. The van der Waals surface area contributed by atoms with Gasteiger partial charge in [0.1, 0.15) is 0 Å². The van der Waals surface area contributed by atoms with Gasteiger partial charge in [-0.1, -0.05) is 18.2 Å². The van der Waals surface area contributed by atoms with Gasteiger partial charge in [-0.25, -0.2) is 0 Å². The van der Waals surface area contributed by atoms with Crippen molar-refractivity contribution in [2.75, 3.05) is 0 Å². The average molecular weight is 351 g/mol. The van der Waals surface area contributed by atoms with E-state index >= 15 is 0 Å². The molecule has 0 bridgehead atoms. The minimum atomic E-state index is -4.35. The van der Waals surface area contributed by atoms with Crippen molar-refractivity contribution < 1.29 is 18.0 Å². The van der Waals surface area contributed by atoms with Crippen molar-refractivity contribution in [3.05, 3.63) is 64.2 Å². The second-order valence-corrected chi connectivity index (χ2v) is 7.74. The third-order valence-corrected chi connectivity index (χ3v) is 5.76. The average Bonchev–Trinajstić information content (AvgIpc) is 2.50. The maximum Gasteiger partial charge on any atom is 0.416 e. The number of aliphatic imine (C=N–C) groups is 1. The molecule has 6 heteroatoms. The number of nitrogens with zero attached hydrogens (tertiary/aromatic N) is 1. The van der Waals surface area contributed by atoms with Crippen LogP contribution in [0.3, 0.4) is 0 Å². The first-order chi connectivity index (χ1) is 11.3. The molecule has 1 atom stereocenters. The number of alkyl halides is 3. The fourth-order valence-electron chi connectivity index (χ4n) is 2.74. The lowest BCUT2D eigenvalue weighted by Gasteiger charge is -2.22. The van der Waals surface area contributed by atoms with Crippen LogP contribution in [-0.4, -0.2) is 10.7 Å². The van der Waals surface area contributed by atoms with Crippen LogP contribution in [0.4, 0.5) is 18.9 Å². The summed E-state index contributed by atoms with van der Waals surface area (Å²) in [4.78, 5) is 17.1. The van der Waals surface area contributed by atoms with Crippen LogP contribution in [0, 0.1) is 13.8 Å². The Morgan fingerprint density at radius 2 is 1.75 bits per heavy atom. The highest BCUT2D eigenvalue weighted by atomic mass is 32.2. The molecule has 2 nitrogen and oxygen atoms in total. The molecule has 0 aliphatic carbocycles. The van der Waals surface area contributed by atoms with Gasteiger partial charge in [0.25, 0.3) is 0 Å². The molecule has 0 saturated heterocycles. The summed E-state index contributed by atoms with van der Waals surface area (Å²) in [6.07, 6.45) is -4.35. The van der Waals surface area contributed by atoms with Crippen molar-refractivity contribution in [2.45, 2.75) is 25.8 Å². The highest BCUT2D eigenvalue weighted by Crippen LogP contribution is 2.41. The molecule has 2 aromatic carbocycles. The molecule has 0 radical (unpaired) electrons. The Hall–Kier alpha value is -2.08. The molecule has 0 N–H and O–H groups in total. The fraction of sp³-hybridized carbons (Fsp3) is 0.222. The molecule has 0 amide bonds. The van der Waals surface area contributed by atoms with Crippen LogP contribution in [0.25, 0.3) is 0 Å². The second kappa shape index (κ2) is 6.09. The van der Waals surface area contributed by atoms with Gasteiger partial charge in [-0.05, 0) is 48.7 Å². The van der Waals surface area contributed by atoms with Crippen molar-refractivity contribution in [2.24, 2.45) is 4.99 Å². The van der Waals surface area contributed by atoms with Gasteiger partial charge in [0.05, 0.1) is 16.8 Å². The Balaban J connectivity index is 1.84. The van der Waals surface area contributed by atoms with E-state index in [4.69, 9.17) is 0 Å². The van der Waals surface area contributed by atoms with E-state index in [9.17, 15) is 18.0 Å². The summed E-state index contributed by atoms with van der Waals surface area (Å²) >= 11 is 0. The molecule has 1 unspecified atom stereocenters. The Morgan fingerprint density at radius 3 is 2.38 bits per heavy atom. The largest absolute Gasteiger partial charge is 0.416 e. The van der Waals surface area contributed by atoms with Crippen LogP contribution in [-0.2, 0) is 11.9 Å². The number of thiol groups is 1. The summed E-state index contributed by atoms with van der Waals surface area (Å²) in [5, 5.41) is 0.0293. The summed E-state index contributed by atoms with van der Waals surface area (Å²) in [5.74, 6) is 0.405. The van der Waals surface area contributed by atoms with E-state index in [1.165, 1.54) is 12.1 Å². The molecular weight excluding hydrogens is 335 g/mol. The molecule has 2 aromatic rings. The van der Waals surface area contributed by atoms with Crippen LogP contribution in [0.2, 0.25) is 0 Å². The molecular formula is C18H16F3NOS. The van der Waals surface area contributed by atoms with Gasteiger partial charge in [0.2, 0.25) is 5.12 Å². The first-order valence-electron chi connectivity index (χ1n) is 7.38. The van der Waals surface area contributed by atoms with Crippen LogP contribution in [0.15, 0.2) is 41.4 Å². The zero-order valence-electron chi connectivity index (χ0n) is 13.2. The van der Waals surface area contributed by atoms with E-state index in [0.29, 0.717) is 22.6 Å². The van der Waals surface area contributed by atoms with Crippen molar-refractivity contribution in [3.8, 4) is 0 Å². The predicted molar refractivity (Wildman–Crippen MR) is 92.5 cm³/mol. The van der Waals surface area contributed by atoms with Gasteiger partial charge in [-0.2, -0.15) is 13.2 Å². The van der Waals surface area contributed by atoms with E-state index in [2.05, 4.69) is 4.99 Å². The molecule has 0 saturated carbocycles. The van der Waals surface area contributed by atoms with Gasteiger partial charge in [-0.3, -0.25) is 9.79 Å². The van der Waals surface area contributed by atoms with E-state index in [1.54, 1.807) is 5.55 Å². The first kappa shape index (κ1) is 16.8. The molecule has 0 spiro atoms. The lowest BCUT2D eigenvalue weighted by molar-refractivity contribution is -0.137. The topological polar surface area (TPSA) is 29.4 Å². The third-order valence-electron chi connectivity index (χ3n) is 3.90. The lowest BCUT2D eigenvalue weighted by atomic mass is 10.1. The van der Waals surface area contributed by atoms with E-state index in [1.807, 2.05) is 26.0 Å². The van der Waals surface area contributed by atoms with Crippen molar-refractivity contribution >= 4 is 27.2 Å². The number of aryl methyl sites for hydroxylation is 2. The van der Waals surface area contributed by atoms with Crippen molar-refractivity contribution in [1.29, 1.82) is 0 Å². The van der Waals surface area contributed by atoms with Crippen LogP contribution in [0.1, 0.15) is 32.6 Å². The molecule has 1 aliphatic rings. The summed E-state index contributed by atoms with van der Waals surface area (Å²) in [6, 6.07) is 8.79. The maximum atomic E-state index is 12.7. The summed E-state index contributed by atoms with van der Waals surface area (Å²) < 4.78 is 37.8. The standard InChI is InChI=1S/C18H16F3NOS/c1-11-7-12(2)16-15(8-11)17(23)24(10-22-16)9-13-3-5-14(6-4-13)18(19,20)21/h3-8,10,24H,9H2,1-2H3. The lowest BCUT2D eigenvalue weighted by Crippen LogP contribution is -2.10. The Morgan fingerprint density at radius 1 is 1.08 bits per heavy atom. The number of hydrogen-bond acceptors (Lipinski definition) is 2. The fourth-order valence-corrected chi connectivity index (χ4v) is 4.41. The highest BCUT2D eigenvalue weighted by molar-refractivity contribution is 8.39. The number of rotatable bonds is 2. The zero-order valence-corrected chi connectivity index (χ0v) is 14.1. The Kier molecular flexibility index (Phi) is 4.25. The van der Waals surface area contributed by atoms with E-state index in [-0.39, 0.29) is 5.12 Å². The number of carbonyl (C=O) groups is 1. The number of fused-ring (bicyclic) bond motifs is 1. The second-order valence-electron chi connectivity index (χ2n) is 5.85. The number of benzene rings is 2. The smallest absolute Gasteiger partial charge is 0.283 e. The minimum absolute atomic E-state index is 0.0293. The normalized spacial score (nSPS) is 18.5. The van der Waals surface area contributed by atoms with Gasteiger partial charge in [0.15, 0.2) is 0 Å². The van der Waals surface area contributed by atoms with Crippen molar-refractivity contribution in [3.63, 3.8) is 0 Å². The third kappa shape index (κ3) is 3.24. The van der Waals surface area contributed by atoms with Gasteiger partial charge in [0, 0.05) is 11.3 Å². The minimum Gasteiger partial charge on any atom is -0.283 e. The molecule has 1 heterocycles. The van der Waals surface area contributed by atoms with Crippen molar-refractivity contribution in [1.82, 2.24) is 0 Å². The van der Waals surface area contributed by atoms with Gasteiger partial charge < -0.3 is 0 Å². The first-order valence-corrected chi connectivity index (χ1v) is 8.98. The number of hydrogen-bond donors (Lipinski definition) is 1. The predicted octanol–water partition coefficient (Wildman–Crippen LogP) is 5.34. The van der Waals surface area contributed by atoms with Gasteiger partial charge in [-0.15, -0.1) is 10.9 Å². The molecule has 126 valence electrons. The highest BCUT2D eigenvalue weighted by Gasteiger charge is 2.30. The van der Waals surface area contributed by atoms with Crippen LogP contribution < -0.4 is 0 Å². The van der Waals surface area contributed by atoms with Crippen LogP contribution in [0.5, 0.6) is 0 Å². The summed E-state index contributed by atoms with van der Waals surface area (Å²) in [6.45, 7) is 3.84. The van der Waals surface area contributed by atoms with E-state index < -0.39 is 22.6 Å². The quantitative estimate of drug-likeness (QED) is 0.728. The Bertz CT molecular complexity index is 825. The monoisotopic (exact) mass is 351 g/mol. The van der Waals surface area contributed by atoms with Gasteiger partial charge >= 0.3 is 6.18 Å².